The quantitative estimate of drug-likeness (QED) is 0.668. The molecule has 0 aliphatic carbocycles. The van der Waals surface area contributed by atoms with E-state index in [9.17, 15) is 4.79 Å². The van der Waals surface area contributed by atoms with E-state index in [1.54, 1.807) is 6.92 Å². The molecule has 1 aromatic rings. The average Bonchev–Trinajstić information content (AvgIpc) is 2.69. The molecule has 1 aliphatic heterocycles. The van der Waals surface area contributed by atoms with Crippen LogP contribution in [0.5, 0.6) is 0 Å². The van der Waals surface area contributed by atoms with Crippen LogP contribution >= 0.6 is 0 Å². The van der Waals surface area contributed by atoms with Gasteiger partial charge in [0.05, 0.1) is 6.54 Å². The number of hydrogen-bond acceptors (Lipinski definition) is 3. The number of benzene rings is 1. The number of hydrazine groups is 1. The molecule has 4 nitrogen and oxygen atoms in total. The minimum atomic E-state index is -0.0397. The summed E-state index contributed by atoms with van der Waals surface area (Å²) >= 11 is 0. The molecule has 0 fully saturated rings. The molecule has 1 aromatic carbocycles. The zero-order chi connectivity index (χ0) is 10.7. The number of nitrogens with zero attached hydrogens (tertiary/aromatic N) is 1. The van der Waals surface area contributed by atoms with Gasteiger partial charge in [-0.15, -0.1) is 0 Å². The number of rotatable bonds is 1. The zero-order valence-electron chi connectivity index (χ0n) is 8.58. The van der Waals surface area contributed by atoms with Crippen molar-refractivity contribution in [1.29, 1.82) is 0 Å². The van der Waals surface area contributed by atoms with Crippen molar-refractivity contribution in [3.63, 3.8) is 0 Å². The molecule has 0 unspecified atom stereocenters. The molecule has 0 aromatic heterocycles. The third-order valence-electron chi connectivity index (χ3n) is 2.32. The minimum absolute atomic E-state index is 0.0397. The van der Waals surface area contributed by atoms with Gasteiger partial charge < -0.3 is 0 Å². The van der Waals surface area contributed by atoms with Gasteiger partial charge in [-0.1, -0.05) is 31.2 Å². The summed E-state index contributed by atoms with van der Waals surface area (Å²) < 4.78 is 0. The lowest BCUT2D eigenvalue weighted by atomic mass is 10.1. The van der Waals surface area contributed by atoms with Gasteiger partial charge in [0.15, 0.2) is 0 Å². The molecule has 15 heavy (non-hydrogen) atoms. The molecule has 2 rings (SSSR count). The predicted octanol–water partition coefficient (Wildman–Crippen LogP) is 0.978. The van der Waals surface area contributed by atoms with Crippen LogP contribution in [0.25, 0.3) is 0 Å². The van der Waals surface area contributed by atoms with Crippen LogP contribution in [0, 0.1) is 0 Å². The van der Waals surface area contributed by atoms with Crippen LogP contribution in [0.4, 0.5) is 0 Å². The van der Waals surface area contributed by atoms with Crippen molar-refractivity contribution in [1.82, 2.24) is 10.9 Å². The third-order valence-corrected chi connectivity index (χ3v) is 2.32. The molecule has 1 aliphatic rings. The molecule has 0 radical (unpaired) electrons. The fourth-order valence-corrected chi connectivity index (χ4v) is 1.46. The number of nitrogens with one attached hydrogen (secondary N) is 2. The molecule has 1 amide bonds. The Morgan fingerprint density at radius 1 is 1.47 bits per heavy atom. The summed E-state index contributed by atoms with van der Waals surface area (Å²) in [4.78, 5) is 15.4. The summed E-state index contributed by atoms with van der Waals surface area (Å²) in [5.74, 6) is 0.703. The Kier molecular flexibility index (Phi) is 2.67. The molecule has 1 heterocycles. The van der Waals surface area contributed by atoms with E-state index in [1.807, 2.05) is 24.3 Å². The van der Waals surface area contributed by atoms with E-state index in [1.165, 1.54) is 5.56 Å². The van der Waals surface area contributed by atoms with E-state index in [4.69, 9.17) is 0 Å². The van der Waals surface area contributed by atoms with Crippen LogP contribution in [0.1, 0.15) is 24.5 Å². The number of aliphatic imine (C=N–C) groups is 1. The second-order valence-corrected chi connectivity index (χ2v) is 3.35. The van der Waals surface area contributed by atoms with Gasteiger partial charge in [0.2, 0.25) is 5.91 Å². The van der Waals surface area contributed by atoms with Crippen LogP contribution in [0.2, 0.25) is 0 Å². The van der Waals surface area contributed by atoms with E-state index in [2.05, 4.69) is 15.8 Å². The standard InChI is InChI=1S/C11H13N3O/c1-2-10(15)13-14-11-9-6-4-3-5-8(9)7-12-11/h3-6H,2,7H2,1H3,(H,12,14)(H,13,15). The summed E-state index contributed by atoms with van der Waals surface area (Å²) in [5, 5.41) is 0. The van der Waals surface area contributed by atoms with Crippen molar-refractivity contribution >= 4 is 11.7 Å². The molecule has 0 saturated carbocycles. The van der Waals surface area contributed by atoms with E-state index in [0.29, 0.717) is 13.0 Å². The smallest absolute Gasteiger partial charge is 0.238 e. The number of carbonyl (C=O) groups is 1. The summed E-state index contributed by atoms with van der Waals surface area (Å²) in [6.45, 7) is 2.49. The highest BCUT2D eigenvalue weighted by molar-refractivity contribution is 6.02. The lowest BCUT2D eigenvalue weighted by molar-refractivity contribution is -0.121. The number of amides is 1. The van der Waals surface area contributed by atoms with E-state index in [0.717, 1.165) is 11.4 Å². The molecule has 0 saturated heterocycles. The van der Waals surface area contributed by atoms with Gasteiger partial charge in [-0.3, -0.25) is 20.6 Å². The van der Waals surface area contributed by atoms with Gasteiger partial charge in [-0.2, -0.15) is 0 Å². The van der Waals surface area contributed by atoms with Crippen LogP contribution in [0.3, 0.4) is 0 Å². The Bertz CT molecular complexity index is 412. The molecule has 78 valence electrons. The molecule has 4 heteroatoms. The Morgan fingerprint density at radius 3 is 3.07 bits per heavy atom. The molecule has 2 N–H and O–H groups in total. The van der Waals surface area contributed by atoms with Crippen molar-refractivity contribution in [2.75, 3.05) is 0 Å². The van der Waals surface area contributed by atoms with Crippen molar-refractivity contribution in [2.24, 2.45) is 4.99 Å². The van der Waals surface area contributed by atoms with E-state index < -0.39 is 0 Å². The Balaban J connectivity index is 2.04. The summed E-state index contributed by atoms with van der Waals surface area (Å²) in [7, 11) is 0. The summed E-state index contributed by atoms with van der Waals surface area (Å²) in [6.07, 6.45) is 0.460. The van der Waals surface area contributed by atoms with Crippen molar-refractivity contribution < 1.29 is 4.79 Å². The Labute approximate surface area is 88.4 Å². The molecule has 0 bridgehead atoms. The maximum Gasteiger partial charge on any atom is 0.238 e. The molecular formula is C11H13N3O. The highest BCUT2D eigenvalue weighted by atomic mass is 16.2. The first-order chi connectivity index (χ1) is 7.31. The highest BCUT2D eigenvalue weighted by Gasteiger charge is 2.14. The maximum atomic E-state index is 11.1. The van der Waals surface area contributed by atoms with Gasteiger partial charge in [0, 0.05) is 12.0 Å². The number of hydrogen-bond donors (Lipinski definition) is 2. The van der Waals surface area contributed by atoms with Gasteiger partial charge in [0.1, 0.15) is 5.84 Å². The van der Waals surface area contributed by atoms with Crippen LogP contribution in [0.15, 0.2) is 29.3 Å². The normalized spacial score (nSPS) is 13.0. The SMILES string of the molecule is CCC(=O)NNC1=NCc2ccccc21. The minimum Gasteiger partial charge on any atom is -0.282 e. The van der Waals surface area contributed by atoms with Crippen LogP contribution < -0.4 is 10.9 Å². The maximum absolute atomic E-state index is 11.1. The topological polar surface area (TPSA) is 53.5 Å². The Morgan fingerprint density at radius 2 is 2.27 bits per heavy atom. The van der Waals surface area contributed by atoms with Crippen molar-refractivity contribution in [3.05, 3.63) is 35.4 Å². The van der Waals surface area contributed by atoms with Gasteiger partial charge in [0.25, 0.3) is 0 Å². The fraction of sp³-hybridized carbons (Fsp3) is 0.273. The second-order valence-electron chi connectivity index (χ2n) is 3.35. The average molecular weight is 203 g/mol. The third kappa shape index (κ3) is 1.98. The number of carbonyl (C=O) groups excluding carboxylic acids is 1. The first-order valence-electron chi connectivity index (χ1n) is 4.99. The first kappa shape index (κ1) is 9.71. The zero-order valence-corrected chi connectivity index (χ0v) is 8.58. The van der Waals surface area contributed by atoms with Crippen LogP contribution in [-0.2, 0) is 11.3 Å². The summed E-state index contributed by atoms with van der Waals surface area (Å²) in [5.41, 5.74) is 7.68. The second kappa shape index (κ2) is 4.13. The first-order valence-corrected chi connectivity index (χ1v) is 4.99. The van der Waals surface area contributed by atoms with E-state index >= 15 is 0 Å². The van der Waals surface area contributed by atoms with Crippen molar-refractivity contribution in [2.45, 2.75) is 19.9 Å². The molecule has 0 atom stereocenters. The van der Waals surface area contributed by atoms with Gasteiger partial charge in [-0.25, -0.2) is 0 Å². The van der Waals surface area contributed by atoms with E-state index in [-0.39, 0.29) is 5.91 Å². The number of fused-ring (bicyclic) bond motifs is 1. The predicted molar refractivity (Wildman–Crippen MR) is 58.3 cm³/mol. The fourth-order valence-electron chi connectivity index (χ4n) is 1.46. The van der Waals surface area contributed by atoms with Crippen molar-refractivity contribution in [3.8, 4) is 0 Å². The number of amidine groups is 1. The monoisotopic (exact) mass is 203 g/mol. The lowest BCUT2D eigenvalue weighted by Crippen LogP contribution is -2.41. The summed E-state index contributed by atoms with van der Waals surface area (Å²) in [6, 6.07) is 7.98. The van der Waals surface area contributed by atoms with Gasteiger partial charge >= 0.3 is 0 Å². The molecular weight excluding hydrogens is 190 g/mol. The Hall–Kier alpha value is -1.84. The van der Waals surface area contributed by atoms with Crippen LogP contribution in [-0.4, -0.2) is 11.7 Å². The highest BCUT2D eigenvalue weighted by Crippen LogP contribution is 2.16. The lowest BCUT2D eigenvalue weighted by Gasteiger charge is -2.07. The largest absolute Gasteiger partial charge is 0.282 e. The molecule has 0 spiro atoms. The van der Waals surface area contributed by atoms with Gasteiger partial charge in [-0.05, 0) is 5.56 Å².